The summed E-state index contributed by atoms with van der Waals surface area (Å²) in [5.74, 6) is -1.45. The van der Waals surface area contributed by atoms with Gasteiger partial charge in [-0.3, -0.25) is 0 Å². The molecule has 0 radical (unpaired) electrons. The highest BCUT2D eigenvalue weighted by Gasteiger charge is 2.25. The Morgan fingerprint density at radius 1 is 1.33 bits per heavy atom. The number of carbonyl (C=O) groups excluding carboxylic acids is 1. The van der Waals surface area contributed by atoms with E-state index >= 15 is 0 Å². The Kier molecular flexibility index (Phi) is 5.18. The number of hydrogen-bond donors (Lipinski definition) is 1. The quantitative estimate of drug-likeness (QED) is 0.665. The van der Waals surface area contributed by atoms with Crippen LogP contribution in [0.15, 0.2) is 24.4 Å². The van der Waals surface area contributed by atoms with Crippen LogP contribution < -0.4 is 5.73 Å². The van der Waals surface area contributed by atoms with Gasteiger partial charge in [-0.2, -0.15) is 5.26 Å². The van der Waals surface area contributed by atoms with Crippen molar-refractivity contribution in [3.05, 3.63) is 47.0 Å². The summed E-state index contributed by atoms with van der Waals surface area (Å²) in [5.41, 5.74) is 5.79. The summed E-state index contributed by atoms with van der Waals surface area (Å²) in [6.07, 6.45) is 0.355. The predicted octanol–water partition coefficient (Wildman–Crippen LogP) is 2.15. The number of nitrogens with zero attached hydrogens (tertiary/aromatic N) is 2. The molecule has 8 heteroatoms. The highest BCUT2D eigenvalue weighted by Crippen LogP contribution is 2.29. The molecular formula is C16H16FN3O4. The van der Waals surface area contributed by atoms with Crippen molar-refractivity contribution >= 4 is 11.7 Å². The fourth-order valence-electron chi connectivity index (χ4n) is 2.36. The number of nitrogens with two attached hydrogens (primary N) is 1. The van der Waals surface area contributed by atoms with Crippen LogP contribution in [0.25, 0.3) is 5.69 Å². The van der Waals surface area contributed by atoms with Gasteiger partial charge in [0, 0.05) is 26.0 Å². The van der Waals surface area contributed by atoms with Gasteiger partial charge in [0.25, 0.3) is 0 Å². The first kappa shape index (κ1) is 17.5. The number of methoxy groups -OCH3 is 3. The van der Waals surface area contributed by atoms with Gasteiger partial charge >= 0.3 is 5.97 Å². The molecule has 0 amide bonds. The van der Waals surface area contributed by atoms with E-state index in [9.17, 15) is 9.18 Å². The molecule has 0 fully saturated rings. The predicted molar refractivity (Wildman–Crippen MR) is 83.0 cm³/mol. The summed E-state index contributed by atoms with van der Waals surface area (Å²) in [6, 6.07) is 6.36. The minimum absolute atomic E-state index is 0.0141. The van der Waals surface area contributed by atoms with Crippen LogP contribution in [-0.2, 0) is 14.2 Å². The Balaban J connectivity index is 2.72. The number of anilines is 1. The fraction of sp³-hybridized carbons (Fsp3) is 0.250. The van der Waals surface area contributed by atoms with E-state index in [1.807, 2.05) is 6.07 Å². The summed E-state index contributed by atoms with van der Waals surface area (Å²) in [6.45, 7) is 0. The number of carbonyl (C=O) groups is 1. The van der Waals surface area contributed by atoms with Crippen LogP contribution in [-0.4, -0.2) is 31.9 Å². The van der Waals surface area contributed by atoms with Crippen LogP contribution in [0, 0.1) is 17.1 Å². The topological polar surface area (TPSA) is 99.5 Å². The lowest BCUT2D eigenvalue weighted by atomic mass is 10.1. The van der Waals surface area contributed by atoms with E-state index in [0.29, 0.717) is 0 Å². The van der Waals surface area contributed by atoms with Gasteiger partial charge in [0.15, 0.2) is 17.8 Å². The summed E-state index contributed by atoms with van der Waals surface area (Å²) < 4.78 is 30.9. The molecule has 2 rings (SSSR count). The molecule has 0 unspecified atom stereocenters. The minimum Gasteiger partial charge on any atom is -0.464 e. The molecule has 2 N–H and O–H groups in total. The van der Waals surface area contributed by atoms with Crippen molar-refractivity contribution in [1.82, 2.24) is 4.57 Å². The molecular weight excluding hydrogens is 317 g/mol. The standard InChI is InChI=1S/C16H16FN3O4/c1-22-15(21)14-13(19)9(7-18)8-20(14)11-6-4-5-10(12(11)17)16(23-2)24-3/h4-6,8,16H,19H2,1-3H3. The lowest BCUT2D eigenvalue weighted by Crippen LogP contribution is -2.14. The van der Waals surface area contributed by atoms with E-state index in [1.165, 1.54) is 44.2 Å². The summed E-state index contributed by atoms with van der Waals surface area (Å²) >= 11 is 0. The third-order valence-electron chi connectivity index (χ3n) is 3.49. The van der Waals surface area contributed by atoms with Crippen LogP contribution in [0.4, 0.5) is 10.1 Å². The molecule has 1 heterocycles. The zero-order chi connectivity index (χ0) is 17.9. The van der Waals surface area contributed by atoms with Crippen LogP contribution in [0.3, 0.4) is 0 Å². The molecule has 0 aliphatic heterocycles. The number of nitrogen functional groups attached to an aromatic ring is 1. The van der Waals surface area contributed by atoms with Crippen molar-refractivity contribution < 1.29 is 23.4 Å². The number of halogens is 1. The van der Waals surface area contributed by atoms with Gasteiger partial charge in [-0.25, -0.2) is 9.18 Å². The lowest BCUT2D eigenvalue weighted by molar-refractivity contribution is -0.107. The van der Waals surface area contributed by atoms with Crippen molar-refractivity contribution in [2.45, 2.75) is 6.29 Å². The van der Waals surface area contributed by atoms with Gasteiger partial charge in [-0.1, -0.05) is 12.1 Å². The minimum atomic E-state index is -0.921. The van der Waals surface area contributed by atoms with Gasteiger partial charge in [0.2, 0.25) is 0 Å². The van der Waals surface area contributed by atoms with Crippen molar-refractivity contribution in [2.24, 2.45) is 0 Å². The molecule has 0 atom stereocenters. The normalized spacial score (nSPS) is 10.7. The Morgan fingerprint density at radius 3 is 2.54 bits per heavy atom. The van der Waals surface area contributed by atoms with Gasteiger partial charge in [-0.15, -0.1) is 0 Å². The number of esters is 1. The zero-order valence-electron chi connectivity index (χ0n) is 13.4. The number of hydrogen-bond acceptors (Lipinski definition) is 6. The molecule has 0 saturated heterocycles. The highest BCUT2D eigenvalue weighted by atomic mass is 19.1. The average molecular weight is 333 g/mol. The molecule has 0 aliphatic rings. The van der Waals surface area contributed by atoms with Gasteiger partial charge in [0.1, 0.15) is 6.07 Å². The Labute approximate surface area is 137 Å². The summed E-state index contributed by atoms with van der Waals surface area (Å²) in [7, 11) is 3.92. The third kappa shape index (κ3) is 2.82. The van der Waals surface area contributed by atoms with E-state index in [4.69, 9.17) is 20.5 Å². The van der Waals surface area contributed by atoms with E-state index in [1.54, 1.807) is 6.07 Å². The van der Waals surface area contributed by atoms with Crippen molar-refractivity contribution in [2.75, 3.05) is 27.1 Å². The largest absolute Gasteiger partial charge is 0.464 e. The number of rotatable bonds is 5. The van der Waals surface area contributed by atoms with Crippen LogP contribution >= 0.6 is 0 Å². The molecule has 126 valence electrons. The SMILES string of the molecule is COC(=O)c1c(N)c(C#N)cn1-c1cccc(C(OC)OC)c1F. The van der Waals surface area contributed by atoms with Crippen LogP contribution in [0.2, 0.25) is 0 Å². The van der Waals surface area contributed by atoms with Crippen molar-refractivity contribution in [1.29, 1.82) is 5.26 Å². The molecule has 0 aliphatic carbocycles. The number of benzene rings is 1. The second-order valence-corrected chi connectivity index (χ2v) is 4.76. The zero-order valence-corrected chi connectivity index (χ0v) is 13.4. The summed E-state index contributed by atoms with van der Waals surface area (Å²) in [4.78, 5) is 12.0. The summed E-state index contributed by atoms with van der Waals surface area (Å²) in [5, 5.41) is 9.12. The molecule has 7 nitrogen and oxygen atoms in total. The van der Waals surface area contributed by atoms with Crippen molar-refractivity contribution in [3.8, 4) is 11.8 Å². The maximum absolute atomic E-state index is 14.9. The first-order chi connectivity index (χ1) is 11.5. The maximum atomic E-state index is 14.9. The molecule has 0 bridgehead atoms. The number of ether oxygens (including phenoxy) is 3. The molecule has 1 aromatic heterocycles. The number of aromatic nitrogens is 1. The smallest absolute Gasteiger partial charge is 0.357 e. The second kappa shape index (κ2) is 7.12. The maximum Gasteiger partial charge on any atom is 0.357 e. The Morgan fingerprint density at radius 2 is 2.00 bits per heavy atom. The monoisotopic (exact) mass is 333 g/mol. The first-order valence-electron chi connectivity index (χ1n) is 6.83. The molecule has 0 saturated carbocycles. The first-order valence-corrected chi connectivity index (χ1v) is 6.83. The van der Waals surface area contributed by atoms with E-state index < -0.39 is 18.1 Å². The van der Waals surface area contributed by atoms with Gasteiger partial charge < -0.3 is 24.5 Å². The molecule has 24 heavy (non-hydrogen) atoms. The molecule has 2 aromatic rings. The lowest BCUT2D eigenvalue weighted by Gasteiger charge is -2.17. The highest BCUT2D eigenvalue weighted by molar-refractivity contribution is 5.95. The van der Waals surface area contributed by atoms with Gasteiger partial charge in [0.05, 0.1) is 24.0 Å². The molecule has 0 spiro atoms. The van der Waals surface area contributed by atoms with Gasteiger partial charge in [-0.05, 0) is 6.07 Å². The number of nitriles is 1. The Hall–Kier alpha value is -2.89. The average Bonchev–Trinajstić information content (AvgIpc) is 2.93. The van der Waals surface area contributed by atoms with Crippen LogP contribution in [0.5, 0.6) is 0 Å². The fourth-order valence-corrected chi connectivity index (χ4v) is 2.36. The van der Waals surface area contributed by atoms with Crippen LogP contribution in [0.1, 0.15) is 27.9 Å². The van der Waals surface area contributed by atoms with E-state index in [-0.39, 0.29) is 28.2 Å². The second-order valence-electron chi connectivity index (χ2n) is 4.76. The molecule has 1 aromatic carbocycles. The van der Waals surface area contributed by atoms with E-state index in [0.717, 1.165) is 0 Å². The third-order valence-corrected chi connectivity index (χ3v) is 3.49. The Bertz CT molecular complexity index is 806. The van der Waals surface area contributed by atoms with Crippen molar-refractivity contribution in [3.63, 3.8) is 0 Å². The van der Waals surface area contributed by atoms with E-state index in [2.05, 4.69) is 4.74 Å².